The standard InChI is InChI=1S/C14H3Cl2N4O.Na/c15-10-1-2-11(12(16)3-10)14(21)13(8(4-17)5-18)9(6-19)7-20;/h1-3H;/q-1;+1. The van der Waals surface area contributed by atoms with Gasteiger partial charge in [-0.15, -0.1) is 0 Å². The number of carbonyl (C=O) groups excluding carboxylic acids is 1. The van der Waals surface area contributed by atoms with Crippen LogP contribution in [0.5, 0.6) is 0 Å². The van der Waals surface area contributed by atoms with Gasteiger partial charge in [0, 0.05) is 45.8 Å². The molecule has 0 heterocycles. The van der Waals surface area contributed by atoms with Crippen LogP contribution in [0, 0.1) is 51.2 Å². The van der Waals surface area contributed by atoms with Crippen molar-refractivity contribution in [2.24, 2.45) is 0 Å². The third-order valence-corrected chi connectivity index (χ3v) is 2.90. The van der Waals surface area contributed by atoms with Gasteiger partial charge < -0.3 is 4.79 Å². The molecule has 0 saturated heterocycles. The van der Waals surface area contributed by atoms with Crippen LogP contribution in [0.2, 0.25) is 10.0 Å². The summed E-state index contributed by atoms with van der Waals surface area (Å²) in [6.07, 6.45) is 0. The Balaban J connectivity index is 0.00000441. The molecule has 0 atom stereocenters. The van der Waals surface area contributed by atoms with E-state index >= 15 is 0 Å². The Morgan fingerprint density at radius 3 is 2.00 bits per heavy atom. The maximum atomic E-state index is 12.4. The van der Waals surface area contributed by atoms with E-state index in [1.54, 1.807) is 0 Å². The number of allylic oxidation sites excluding steroid dienone is 2. The second-order valence-electron chi connectivity index (χ2n) is 3.53. The van der Waals surface area contributed by atoms with Crippen LogP contribution in [0.3, 0.4) is 0 Å². The van der Waals surface area contributed by atoms with E-state index < -0.39 is 22.8 Å². The van der Waals surface area contributed by atoms with Crippen molar-refractivity contribution in [3.05, 3.63) is 50.9 Å². The number of benzene rings is 1. The minimum Gasteiger partial charge on any atom is -0.365 e. The van der Waals surface area contributed by atoms with E-state index in [4.69, 9.17) is 44.2 Å². The molecule has 0 aliphatic carbocycles. The van der Waals surface area contributed by atoms with Crippen molar-refractivity contribution in [1.29, 1.82) is 21.0 Å². The van der Waals surface area contributed by atoms with Gasteiger partial charge in [0.15, 0.2) is 0 Å². The number of carbonyl (C=O) groups is 1. The predicted octanol–water partition coefficient (Wildman–Crippen LogP) is 0.146. The van der Waals surface area contributed by atoms with E-state index in [1.807, 2.05) is 0 Å². The molecule has 0 N–H and O–H groups in total. The Bertz CT molecular complexity index is 776. The second-order valence-corrected chi connectivity index (χ2v) is 4.37. The minimum absolute atomic E-state index is 0. The first kappa shape index (κ1) is 20.0. The molecule has 100 valence electrons. The molecule has 0 spiro atoms. The molecular weight excluding hydrogens is 334 g/mol. The molecule has 0 amide bonds. The average molecular weight is 337 g/mol. The molecule has 1 aromatic rings. The molecule has 1 aromatic carbocycles. The second kappa shape index (κ2) is 9.14. The third-order valence-electron chi connectivity index (χ3n) is 2.35. The van der Waals surface area contributed by atoms with Crippen LogP contribution < -0.4 is 29.6 Å². The van der Waals surface area contributed by atoms with Crippen LogP contribution in [0.25, 0.3) is 0 Å². The summed E-state index contributed by atoms with van der Waals surface area (Å²) < 4.78 is 0. The minimum atomic E-state index is -0.868. The SMILES string of the molecule is N#CC(C#N)=C(C(=O)c1ccc(Cl)cc1Cl)[C-](C#N)C#N.[Na+]. The quantitative estimate of drug-likeness (QED) is 0.256. The van der Waals surface area contributed by atoms with Crippen molar-refractivity contribution in [3.63, 3.8) is 0 Å². The van der Waals surface area contributed by atoms with Gasteiger partial charge in [0.1, 0.15) is 0 Å². The van der Waals surface area contributed by atoms with Gasteiger partial charge in [-0.3, -0.25) is 0 Å². The van der Waals surface area contributed by atoms with Crippen molar-refractivity contribution >= 4 is 29.0 Å². The molecule has 1 rings (SSSR count). The number of ketones is 1. The number of Topliss-reactive ketones (excluding diaryl/α,β-unsaturated/α-hetero) is 1. The fourth-order valence-corrected chi connectivity index (χ4v) is 1.93. The zero-order valence-electron chi connectivity index (χ0n) is 11.2. The number of nitriles is 4. The number of hydrogen-bond acceptors (Lipinski definition) is 5. The van der Waals surface area contributed by atoms with Crippen molar-refractivity contribution in [2.45, 2.75) is 0 Å². The molecule has 0 aliphatic rings. The smallest absolute Gasteiger partial charge is 0.365 e. The monoisotopic (exact) mass is 336 g/mol. The summed E-state index contributed by atoms with van der Waals surface area (Å²) in [7, 11) is 0. The maximum Gasteiger partial charge on any atom is 1.00 e. The van der Waals surface area contributed by atoms with Crippen molar-refractivity contribution in [2.75, 3.05) is 0 Å². The van der Waals surface area contributed by atoms with E-state index in [0.29, 0.717) is 0 Å². The largest absolute Gasteiger partial charge is 1.00 e. The van der Waals surface area contributed by atoms with Crippen molar-refractivity contribution in [3.8, 4) is 24.3 Å². The Morgan fingerprint density at radius 1 is 1.05 bits per heavy atom. The molecule has 22 heavy (non-hydrogen) atoms. The summed E-state index contributed by atoms with van der Waals surface area (Å²) in [6.45, 7) is 0. The van der Waals surface area contributed by atoms with Crippen molar-refractivity contribution < 1.29 is 34.4 Å². The number of nitrogens with zero attached hydrogens (tertiary/aromatic N) is 4. The molecule has 0 radical (unpaired) electrons. The summed E-state index contributed by atoms with van der Waals surface area (Å²) in [6, 6.07) is 9.92. The fraction of sp³-hybridized carbons (Fsp3) is 0. The van der Waals surface area contributed by atoms with Gasteiger partial charge in [0.25, 0.3) is 0 Å². The molecule has 8 heteroatoms. The third kappa shape index (κ3) is 4.27. The molecular formula is C14H3Cl2N4NaO. The first-order valence-electron chi connectivity index (χ1n) is 5.21. The number of halogens is 2. The first-order chi connectivity index (χ1) is 9.99. The summed E-state index contributed by atoms with van der Waals surface area (Å²) >= 11 is 11.6. The van der Waals surface area contributed by atoms with Gasteiger partial charge >= 0.3 is 29.6 Å². The summed E-state index contributed by atoms with van der Waals surface area (Å²) in [5.74, 6) is -1.50. The van der Waals surface area contributed by atoms with Gasteiger partial charge in [-0.1, -0.05) is 34.8 Å². The van der Waals surface area contributed by atoms with Crippen LogP contribution in [-0.2, 0) is 0 Å². The first-order valence-corrected chi connectivity index (χ1v) is 5.97. The molecule has 5 nitrogen and oxygen atoms in total. The average Bonchev–Trinajstić information content (AvgIpc) is 2.47. The van der Waals surface area contributed by atoms with E-state index in [2.05, 4.69) is 0 Å². The summed E-state index contributed by atoms with van der Waals surface area (Å²) in [5, 5.41) is 35.8. The van der Waals surface area contributed by atoms with Gasteiger partial charge in [0.05, 0.1) is 5.78 Å². The predicted molar refractivity (Wildman–Crippen MR) is 73.5 cm³/mol. The Kier molecular flexibility index (Phi) is 8.32. The maximum absolute atomic E-state index is 12.4. The van der Waals surface area contributed by atoms with Gasteiger partial charge in [0.2, 0.25) is 0 Å². The molecule has 0 unspecified atom stereocenters. The molecule has 0 saturated carbocycles. The van der Waals surface area contributed by atoms with E-state index in [9.17, 15) is 4.79 Å². The number of hydrogen-bond donors (Lipinski definition) is 0. The van der Waals surface area contributed by atoms with Crippen LogP contribution >= 0.6 is 23.2 Å². The van der Waals surface area contributed by atoms with Gasteiger partial charge in [-0.25, -0.2) is 21.0 Å². The van der Waals surface area contributed by atoms with Crippen LogP contribution in [0.4, 0.5) is 0 Å². The van der Waals surface area contributed by atoms with Gasteiger partial charge in [-0.05, 0) is 17.7 Å². The molecule has 0 fully saturated rings. The molecule has 0 aliphatic heterocycles. The molecule has 0 bridgehead atoms. The van der Waals surface area contributed by atoms with E-state index in [0.717, 1.165) is 0 Å². The number of rotatable bonds is 3. The van der Waals surface area contributed by atoms with Crippen LogP contribution in [-0.4, -0.2) is 5.78 Å². The summed E-state index contributed by atoms with van der Waals surface area (Å²) in [5.41, 5.74) is -1.28. The fourth-order valence-electron chi connectivity index (χ4n) is 1.43. The Morgan fingerprint density at radius 2 is 1.59 bits per heavy atom. The Hall–Kier alpha value is -1.96. The summed E-state index contributed by atoms with van der Waals surface area (Å²) in [4.78, 5) is 12.4. The topological polar surface area (TPSA) is 112 Å². The van der Waals surface area contributed by atoms with E-state index in [1.165, 1.54) is 42.5 Å². The normalized spacial score (nSPS) is 8.09. The zero-order valence-corrected chi connectivity index (χ0v) is 14.7. The zero-order chi connectivity index (χ0) is 16.0. The van der Waals surface area contributed by atoms with Crippen molar-refractivity contribution in [1.82, 2.24) is 0 Å². The van der Waals surface area contributed by atoms with E-state index in [-0.39, 0.29) is 45.2 Å². The Labute approximate surface area is 158 Å². The van der Waals surface area contributed by atoms with Crippen LogP contribution in [0.15, 0.2) is 29.3 Å². The van der Waals surface area contributed by atoms with Gasteiger partial charge in [-0.2, -0.15) is 0 Å². The molecule has 0 aromatic heterocycles. The van der Waals surface area contributed by atoms with Crippen LogP contribution in [0.1, 0.15) is 10.4 Å².